The molecule has 0 saturated heterocycles. The monoisotopic (exact) mass is 189 g/mol. The Morgan fingerprint density at radius 2 is 1.64 bits per heavy atom. The molecule has 11 heavy (non-hydrogen) atoms. The van der Waals surface area contributed by atoms with Crippen LogP contribution in [0.25, 0.3) is 0 Å². The zero-order valence-corrected chi connectivity index (χ0v) is 6.99. The third kappa shape index (κ3) is 3.70. The van der Waals surface area contributed by atoms with Gasteiger partial charge in [0.25, 0.3) is 0 Å². The van der Waals surface area contributed by atoms with Crippen LogP contribution in [0.15, 0.2) is 30.3 Å². The van der Waals surface area contributed by atoms with Gasteiger partial charge in [-0.25, -0.2) is 4.79 Å². The molecule has 0 aliphatic rings. The summed E-state index contributed by atoms with van der Waals surface area (Å²) in [5.74, 6) is -0.879. The van der Waals surface area contributed by atoms with Crippen LogP contribution in [0.2, 0.25) is 0 Å². The number of benzene rings is 1. The molecular weight excluding hydrogens is 183 g/mol. The molecule has 57 valence electrons. The van der Waals surface area contributed by atoms with Crippen molar-refractivity contribution < 1.29 is 30.9 Å². The second-order valence-electron chi connectivity index (χ2n) is 1.67. The Bertz CT molecular complexity index is 222. The summed E-state index contributed by atoms with van der Waals surface area (Å²) in [4.78, 5) is 10.2. The average Bonchev–Trinajstić information content (AvgIpc) is 2.10. The fourth-order valence-electron chi connectivity index (χ4n) is 0.581. The van der Waals surface area contributed by atoms with Crippen molar-refractivity contribution in [3.05, 3.63) is 35.9 Å². The van der Waals surface area contributed by atoms with Crippen molar-refractivity contribution in [2.45, 2.75) is 0 Å². The summed E-state index contributed by atoms with van der Waals surface area (Å²) in [6.45, 7) is 0. The normalized spacial score (nSPS) is 7.55. The zero-order chi connectivity index (χ0) is 8.69. The first-order valence-electron chi connectivity index (χ1n) is 2.77. The van der Waals surface area contributed by atoms with Crippen LogP contribution in [0.3, 0.4) is 0 Å². The van der Waals surface area contributed by atoms with E-state index in [4.69, 9.17) is 8.78 Å². The number of carboxylic acid groups (broad SMARTS) is 1. The van der Waals surface area contributed by atoms with Gasteiger partial charge in [0.2, 0.25) is 0 Å². The molecule has 1 aromatic rings. The molecule has 0 spiro atoms. The molecule has 0 radical (unpaired) electrons. The maximum atomic E-state index is 10.2. The molecular formula is C7H6O3V. The molecule has 1 N–H and O–H groups in total. The van der Waals surface area contributed by atoms with Crippen LogP contribution in [-0.4, -0.2) is 11.1 Å². The standard InChI is InChI=1S/C7H6O2.O.V/c8-7(9)6-4-2-1-3-5-6;;/h1-5H,(H,8,9);;. The quantitative estimate of drug-likeness (QED) is 0.723. The summed E-state index contributed by atoms with van der Waals surface area (Å²) in [5.41, 5.74) is 0.331. The van der Waals surface area contributed by atoms with Gasteiger partial charge < -0.3 is 5.11 Å². The van der Waals surface area contributed by atoms with Gasteiger partial charge in [0.1, 0.15) is 0 Å². The van der Waals surface area contributed by atoms with Gasteiger partial charge in [-0.05, 0) is 12.1 Å². The fourth-order valence-corrected chi connectivity index (χ4v) is 0.581. The SMILES string of the molecule is O=C(O)c1ccccc1.[O]=[V]. The van der Waals surface area contributed by atoms with E-state index in [0.717, 1.165) is 17.4 Å². The zero-order valence-electron chi connectivity index (χ0n) is 5.60. The van der Waals surface area contributed by atoms with E-state index in [1.165, 1.54) is 0 Å². The van der Waals surface area contributed by atoms with Crippen molar-refractivity contribution in [3.63, 3.8) is 0 Å². The third-order valence-corrected chi connectivity index (χ3v) is 1.02. The molecule has 0 aliphatic carbocycles. The number of hydrogen-bond donors (Lipinski definition) is 1. The van der Waals surface area contributed by atoms with Crippen molar-refractivity contribution >= 4 is 5.97 Å². The third-order valence-electron chi connectivity index (χ3n) is 1.02. The molecule has 0 aromatic heterocycles. The van der Waals surface area contributed by atoms with Gasteiger partial charge in [-0.2, -0.15) is 0 Å². The van der Waals surface area contributed by atoms with Gasteiger partial charge in [0.05, 0.1) is 5.56 Å². The van der Waals surface area contributed by atoms with Crippen molar-refractivity contribution in [1.29, 1.82) is 0 Å². The Morgan fingerprint density at radius 1 is 1.18 bits per heavy atom. The van der Waals surface area contributed by atoms with Crippen molar-refractivity contribution in [2.75, 3.05) is 0 Å². The van der Waals surface area contributed by atoms with Crippen LogP contribution in [0.5, 0.6) is 0 Å². The van der Waals surface area contributed by atoms with Crippen LogP contribution in [0.4, 0.5) is 0 Å². The first kappa shape index (κ1) is 10.1. The Kier molecular flexibility index (Phi) is 5.34. The van der Waals surface area contributed by atoms with E-state index >= 15 is 0 Å². The van der Waals surface area contributed by atoms with Gasteiger partial charge in [-0.1, -0.05) is 18.2 Å². The summed E-state index contributed by atoms with van der Waals surface area (Å²) in [7, 11) is 0. The summed E-state index contributed by atoms with van der Waals surface area (Å²) in [6.07, 6.45) is 0. The summed E-state index contributed by atoms with van der Waals surface area (Å²) in [5, 5.41) is 8.38. The molecule has 0 amide bonds. The second-order valence-corrected chi connectivity index (χ2v) is 1.67. The Labute approximate surface area is 73.3 Å². The number of carbonyl (C=O) groups is 1. The first-order valence-corrected chi connectivity index (χ1v) is 3.34. The van der Waals surface area contributed by atoms with E-state index < -0.39 is 5.97 Å². The number of hydrogen-bond acceptors (Lipinski definition) is 2. The molecule has 0 saturated carbocycles. The van der Waals surface area contributed by atoms with Crippen LogP contribution in [0.1, 0.15) is 10.4 Å². The van der Waals surface area contributed by atoms with Crippen LogP contribution >= 0.6 is 0 Å². The van der Waals surface area contributed by atoms with Gasteiger partial charge in [0.15, 0.2) is 0 Å². The summed E-state index contributed by atoms with van der Waals surface area (Å²) in [6, 6.07) is 8.30. The molecule has 0 heterocycles. The minimum atomic E-state index is -0.879. The topological polar surface area (TPSA) is 54.4 Å². The number of rotatable bonds is 1. The van der Waals surface area contributed by atoms with E-state index in [1.54, 1.807) is 30.3 Å². The molecule has 4 heteroatoms. The van der Waals surface area contributed by atoms with Crippen molar-refractivity contribution in [3.8, 4) is 0 Å². The molecule has 0 fully saturated rings. The van der Waals surface area contributed by atoms with Crippen LogP contribution in [-0.2, 0) is 21.0 Å². The van der Waals surface area contributed by atoms with Gasteiger partial charge in [0, 0.05) is 0 Å². The van der Waals surface area contributed by atoms with E-state index in [1.807, 2.05) is 0 Å². The van der Waals surface area contributed by atoms with E-state index in [9.17, 15) is 4.79 Å². The Balaban J connectivity index is 0.000000461. The molecule has 1 rings (SSSR count). The maximum absolute atomic E-state index is 10.2. The fraction of sp³-hybridized carbons (Fsp3) is 0. The van der Waals surface area contributed by atoms with Crippen LogP contribution in [0, 0.1) is 0 Å². The van der Waals surface area contributed by atoms with Gasteiger partial charge in [-0.3, -0.25) is 0 Å². The van der Waals surface area contributed by atoms with E-state index in [2.05, 4.69) is 0 Å². The first-order chi connectivity index (χ1) is 5.30. The molecule has 0 aliphatic heterocycles. The summed E-state index contributed by atoms with van der Waals surface area (Å²) < 4.78 is 8.19. The molecule has 0 bridgehead atoms. The molecule has 0 atom stereocenters. The predicted molar refractivity (Wildman–Crippen MR) is 34.1 cm³/mol. The van der Waals surface area contributed by atoms with Gasteiger partial charge >= 0.3 is 27.0 Å². The van der Waals surface area contributed by atoms with E-state index in [-0.39, 0.29) is 0 Å². The summed E-state index contributed by atoms with van der Waals surface area (Å²) >= 11 is 1.06. The van der Waals surface area contributed by atoms with Crippen molar-refractivity contribution in [1.82, 2.24) is 0 Å². The second kappa shape index (κ2) is 5.83. The number of carboxylic acids is 1. The van der Waals surface area contributed by atoms with Crippen molar-refractivity contribution in [2.24, 2.45) is 0 Å². The Hall–Kier alpha value is -0.926. The molecule has 0 unspecified atom stereocenters. The number of aromatic carboxylic acids is 1. The average molecular weight is 189 g/mol. The Morgan fingerprint density at radius 3 is 1.91 bits per heavy atom. The minimum absolute atomic E-state index is 0.331. The van der Waals surface area contributed by atoms with Gasteiger partial charge in [-0.15, -0.1) is 0 Å². The van der Waals surface area contributed by atoms with E-state index in [0.29, 0.717) is 5.56 Å². The molecule has 3 nitrogen and oxygen atoms in total. The van der Waals surface area contributed by atoms with Crippen LogP contribution < -0.4 is 0 Å². The predicted octanol–water partition coefficient (Wildman–Crippen LogP) is 1.26. The molecule has 1 aromatic carbocycles.